The van der Waals surface area contributed by atoms with E-state index >= 15 is 0 Å². The number of aromatic nitrogens is 5. The van der Waals surface area contributed by atoms with Crippen molar-refractivity contribution in [2.24, 2.45) is 7.05 Å². The zero-order chi connectivity index (χ0) is 11.5. The molecule has 8 nitrogen and oxygen atoms in total. The molecule has 1 amide bonds. The highest BCUT2D eigenvalue weighted by molar-refractivity contribution is 6.02. The molecule has 0 bridgehead atoms. The van der Waals surface area contributed by atoms with E-state index in [0.717, 1.165) is 0 Å². The van der Waals surface area contributed by atoms with Gasteiger partial charge in [0.2, 0.25) is 0 Å². The summed E-state index contributed by atoms with van der Waals surface area (Å²) in [6, 6.07) is 1.89. The van der Waals surface area contributed by atoms with Gasteiger partial charge in [-0.1, -0.05) is 5.21 Å². The van der Waals surface area contributed by atoms with Crippen molar-refractivity contribution in [1.29, 1.82) is 5.26 Å². The van der Waals surface area contributed by atoms with Gasteiger partial charge < -0.3 is 5.32 Å². The first-order chi connectivity index (χ1) is 7.70. The van der Waals surface area contributed by atoms with E-state index in [1.807, 2.05) is 6.07 Å². The third kappa shape index (κ3) is 1.74. The number of carbonyl (C=O) groups is 1. The molecule has 0 aliphatic heterocycles. The van der Waals surface area contributed by atoms with Crippen molar-refractivity contribution in [2.45, 2.75) is 0 Å². The second kappa shape index (κ2) is 3.82. The molecule has 0 aromatic carbocycles. The molecule has 0 aliphatic rings. The number of carbonyl (C=O) groups excluding carboxylic acids is 1. The number of aryl methyl sites for hydroxylation is 1. The summed E-state index contributed by atoms with van der Waals surface area (Å²) in [6.45, 7) is 0. The van der Waals surface area contributed by atoms with E-state index in [9.17, 15) is 4.79 Å². The first-order valence-electron chi connectivity index (χ1n) is 4.32. The number of rotatable bonds is 2. The van der Waals surface area contributed by atoms with Gasteiger partial charge in [0.05, 0.1) is 12.4 Å². The molecular formula is C8H7N7O. The maximum absolute atomic E-state index is 11.6. The first-order valence-corrected chi connectivity index (χ1v) is 4.32. The molecule has 0 aliphatic carbocycles. The van der Waals surface area contributed by atoms with Crippen LogP contribution in [0.2, 0.25) is 0 Å². The SMILES string of the molecule is Cn1cc(C(=O)Nc2[nH]ncc2C#N)nn1. The van der Waals surface area contributed by atoms with E-state index < -0.39 is 5.91 Å². The fourth-order valence-electron chi connectivity index (χ4n) is 1.10. The lowest BCUT2D eigenvalue weighted by molar-refractivity contribution is 0.102. The van der Waals surface area contributed by atoms with Crippen LogP contribution in [0.15, 0.2) is 12.4 Å². The number of amides is 1. The largest absolute Gasteiger partial charge is 0.304 e. The fraction of sp³-hybridized carbons (Fsp3) is 0.125. The highest BCUT2D eigenvalue weighted by atomic mass is 16.2. The van der Waals surface area contributed by atoms with E-state index in [0.29, 0.717) is 0 Å². The summed E-state index contributed by atoms with van der Waals surface area (Å²) in [5.41, 5.74) is 0.429. The van der Waals surface area contributed by atoms with Crippen LogP contribution in [0.25, 0.3) is 0 Å². The van der Waals surface area contributed by atoms with Crippen molar-refractivity contribution in [3.8, 4) is 6.07 Å². The highest BCUT2D eigenvalue weighted by Gasteiger charge is 2.13. The zero-order valence-electron chi connectivity index (χ0n) is 8.30. The van der Waals surface area contributed by atoms with Crippen LogP contribution in [-0.4, -0.2) is 31.1 Å². The summed E-state index contributed by atoms with van der Waals surface area (Å²) in [7, 11) is 1.65. The van der Waals surface area contributed by atoms with Crippen molar-refractivity contribution in [1.82, 2.24) is 25.2 Å². The summed E-state index contributed by atoms with van der Waals surface area (Å²) in [6.07, 6.45) is 2.80. The Hall–Kier alpha value is -2.69. The molecule has 0 unspecified atom stereocenters. The second-order valence-electron chi connectivity index (χ2n) is 3.00. The zero-order valence-corrected chi connectivity index (χ0v) is 8.30. The summed E-state index contributed by atoms with van der Waals surface area (Å²) >= 11 is 0. The topological polar surface area (TPSA) is 112 Å². The maximum Gasteiger partial charge on any atom is 0.279 e. The van der Waals surface area contributed by atoms with Crippen LogP contribution < -0.4 is 5.32 Å². The number of nitriles is 1. The van der Waals surface area contributed by atoms with Crippen molar-refractivity contribution >= 4 is 11.7 Å². The fourth-order valence-corrected chi connectivity index (χ4v) is 1.10. The number of nitrogens with one attached hydrogen (secondary N) is 2. The average Bonchev–Trinajstić information content (AvgIpc) is 2.86. The normalized spacial score (nSPS) is 9.75. The van der Waals surface area contributed by atoms with E-state index in [-0.39, 0.29) is 17.1 Å². The molecule has 0 spiro atoms. The van der Waals surface area contributed by atoms with Gasteiger partial charge in [-0.15, -0.1) is 5.10 Å². The monoisotopic (exact) mass is 217 g/mol. The molecule has 0 atom stereocenters. The molecule has 0 saturated heterocycles. The van der Waals surface area contributed by atoms with Crippen molar-refractivity contribution < 1.29 is 4.79 Å². The minimum Gasteiger partial charge on any atom is -0.304 e. The summed E-state index contributed by atoms with van der Waals surface area (Å²) < 4.78 is 1.41. The maximum atomic E-state index is 11.6. The smallest absolute Gasteiger partial charge is 0.279 e. The molecule has 8 heteroatoms. The summed E-state index contributed by atoms with van der Waals surface area (Å²) in [4.78, 5) is 11.6. The molecule has 80 valence electrons. The molecule has 2 heterocycles. The van der Waals surface area contributed by atoms with Crippen LogP contribution in [0.5, 0.6) is 0 Å². The third-order valence-electron chi connectivity index (χ3n) is 1.83. The minimum atomic E-state index is -0.450. The van der Waals surface area contributed by atoms with E-state index in [2.05, 4.69) is 25.8 Å². The van der Waals surface area contributed by atoms with E-state index in [4.69, 9.17) is 5.26 Å². The van der Waals surface area contributed by atoms with Crippen LogP contribution in [0.1, 0.15) is 16.1 Å². The van der Waals surface area contributed by atoms with Crippen LogP contribution in [0, 0.1) is 11.3 Å². The lowest BCUT2D eigenvalue weighted by Crippen LogP contribution is -2.13. The molecule has 16 heavy (non-hydrogen) atoms. The van der Waals surface area contributed by atoms with Crippen LogP contribution >= 0.6 is 0 Å². The Bertz CT molecular complexity index is 561. The Morgan fingerprint density at radius 1 is 1.69 bits per heavy atom. The van der Waals surface area contributed by atoms with Gasteiger partial charge in [-0.05, 0) is 0 Å². The summed E-state index contributed by atoms with van der Waals surface area (Å²) in [5.74, 6) is -0.202. The quantitative estimate of drug-likeness (QED) is 0.714. The molecule has 0 fully saturated rings. The third-order valence-corrected chi connectivity index (χ3v) is 1.83. The van der Waals surface area contributed by atoms with Crippen LogP contribution in [0.4, 0.5) is 5.82 Å². The van der Waals surface area contributed by atoms with Gasteiger partial charge in [-0.3, -0.25) is 14.6 Å². The lowest BCUT2D eigenvalue weighted by atomic mass is 10.3. The van der Waals surface area contributed by atoms with Gasteiger partial charge in [0.25, 0.3) is 5.91 Å². The molecule has 0 radical (unpaired) electrons. The van der Waals surface area contributed by atoms with Crippen molar-refractivity contribution in [3.63, 3.8) is 0 Å². The van der Waals surface area contributed by atoms with Crippen LogP contribution in [0.3, 0.4) is 0 Å². The first kappa shape index (κ1) is 9.85. The van der Waals surface area contributed by atoms with Gasteiger partial charge in [0.15, 0.2) is 5.69 Å². The standard InChI is InChI=1S/C8H7N7O/c1-15-4-6(12-14-15)8(16)11-7-5(2-9)3-10-13-7/h3-4H,1H3,(H2,10,11,13,16). The Morgan fingerprint density at radius 2 is 2.50 bits per heavy atom. The molecule has 2 aromatic heterocycles. The van der Waals surface area contributed by atoms with E-state index in [1.54, 1.807) is 7.05 Å². The van der Waals surface area contributed by atoms with E-state index in [1.165, 1.54) is 17.1 Å². The number of hydrogen-bond acceptors (Lipinski definition) is 5. The molecule has 2 aromatic rings. The van der Waals surface area contributed by atoms with Gasteiger partial charge in [-0.2, -0.15) is 10.4 Å². The predicted octanol–water partition coefficient (Wildman–Crippen LogP) is -0.338. The number of H-pyrrole nitrogens is 1. The number of hydrogen-bond donors (Lipinski definition) is 2. The number of nitrogens with zero attached hydrogens (tertiary/aromatic N) is 5. The molecule has 2 N–H and O–H groups in total. The average molecular weight is 217 g/mol. The van der Waals surface area contributed by atoms with Gasteiger partial charge in [0.1, 0.15) is 17.5 Å². The van der Waals surface area contributed by atoms with Crippen molar-refractivity contribution in [3.05, 3.63) is 23.7 Å². The molecule has 0 saturated carbocycles. The number of anilines is 1. The van der Waals surface area contributed by atoms with Crippen LogP contribution in [-0.2, 0) is 7.05 Å². The number of aromatic amines is 1. The highest BCUT2D eigenvalue weighted by Crippen LogP contribution is 2.09. The molecule has 2 rings (SSSR count). The Balaban J connectivity index is 2.17. The molecular weight excluding hydrogens is 210 g/mol. The van der Waals surface area contributed by atoms with Crippen molar-refractivity contribution in [2.75, 3.05) is 5.32 Å². The Labute approximate surface area is 89.9 Å². The van der Waals surface area contributed by atoms with Gasteiger partial charge in [0, 0.05) is 7.05 Å². The predicted molar refractivity (Wildman–Crippen MR) is 52.3 cm³/mol. The van der Waals surface area contributed by atoms with Gasteiger partial charge in [-0.25, -0.2) is 0 Å². The minimum absolute atomic E-state index is 0.168. The Kier molecular flexibility index (Phi) is 2.35. The lowest BCUT2D eigenvalue weighted by Gasteiger charge is -1.98. The van der Waals surface area contributed by atoms with Gasteiger partial charge >= 0.3 is 0 Å². The summed E-state index contributed by atoms with van der Waals surface area (Å²) in [5, 5.41) is 24.6. The second-order valence-corrected chi connectivity index (χ2v) is 3.00. The Morgan fingerprint density at radius 3 is 3.12 bits per heavy atom.